The molecule has 2 aromatic rings. The molecule has 1 atom stereocenters. The van der Waals surface area contributed by atoms with Gasteiger partial charge < -0.3 is 9.30 Å². The van der Waals surface area contributed by atoms with Gasteiger partial charge in [-0.1, -0.05) is 0 Å². The summed E-state index contributed by atoms with van der Waals surface area (Å²) in [7, 11) is -3.62. The number of carbonyl (C=O) groups excluding carboxylic acids is 1. The topological polar surface area (TPSA) is 68.6 Å². The normalized spacial score (nSPS) is 18.2. The van der Waals surface area contributed by atoms with E-state index in [1.54, 1.807) is 6.92 Å². The maximum atomic E-state index is 12.9. The van der Waals surface area contributed by atoms with E-state index in [2.05, 4.69) is 4.57 Å². The summed E-state index contributed by atoms with van der Waals surface area (Å²) in [5.74, 6) is -0.453. The molecule has 0 unspecified atom stereocenters. The van der Waals surface area contributed by atoms with E-state index in [0.717, 1.165) is 5.69 Å². The number of ether oxygens (including phenoxy) is 1. The van der Waals surface area contributed by atoms with Crippen molar-refractivity contribution in [2.24, 2.45) is 0 Å². The molecule has 128 valence electrons. The average Bonchev–Trinajstić information content (AvgIpc) is 3.05. The molecule has 0 amide bonds. The minimum atomic E-state index is -3.62. The Kier molecular flexibility index (Phi) is 4.47. The predicted octanol–water partition coefficient (Wildman–Crippen LogP) is 2.43. The van der Waals surface area contributed by atoms with Crippen molar-refractivity contribution >= 4 is 16.0 Å². The van der Waals surface area contributed by atoms with E-state index < -0.39 is 16.0 Å². The molecule has 1 aromatic heterocycles. The van der Waals surface area contributed by atoms with Gasteiger partial charge in [-0.3, -0.25) is 0 Å². The lowest BCUT2D eigenvalue weighted by atomic mass is 10.2. The highest BCUT2D eigenvalue weighted by Crippen LogP contribution is 2.31. The summed E-state index contributed by atoms with van der Waals surface area (Å²) in [6.07, 6.45) is 1.96. The van der Waals surface area contributed by atoms with Gasteiger partial charge in [0.1, 0.15) is 0 Å². The number of sulfonamides is 1. The second kappa shape index (κ2) is 6.41. The highest BCUT2D eigenvalue weighted by molar-refractivity contribution is 7.89. The van der Waals surface area contributed by atoms with Crippen molar-refractivity contribution in [1.82, 2.24) is 8.87 Å². The number of nitrogens with zero attached hydrogens (tertiary/aromatic N) is 2. The van der Waals surface area contributed by atoms with Crippen molar-refractivity contribution in [3.05, 3.63) is 53.9 Å². The zero-order chi connectivity index (χ0) is 17.3. The van der Waals surface area contributed by atoms with Crippen LogP contribution in [0.5, 0.6) is 0 Å². The molecule has 24 heavy (non-hydrogen) atoms. The van der Waals surface area contributed by atoms with Gasteiger partial charge in [0.15, 0.2) is 0 Å². The van der Waals surface area contributed by atoms with Crippen molar-refractivity contribution in [2.75, 3.05) is 13.2 Å². The average molecular weight is 348 g/mol. The van der Waals surface area contributed by atoms with Gasteiger partial charge in [0.2, 0.25) is 10.0 Å². The Morgan fingerprint density at radius 3 is 2.58 bits per heavy atom. The molecule has 1 aromatic carbocycles. The SMILES string of the molecule is CCOC(=O)c1ccc(S(=O)(=O)N2CCn3cccc3[C@@H]2C)cc1. The lowest BCUT2D eigenvalue weighted by Crippen LogP contribution is -2.40. The third-order valence-corrected chi connectivity index (χ3v) is 6.24. The Morgan fingerprint density at radius 2 is 1.92 bits per heavy atom. The Balaban J connectivity index is 1.87. The van der Waals surface area contributed by atoms with Gasteiger partial charge in [0.05, 0.1) is 23.1 Å². The van der Waals surface area contributed by atoms with Gasteiger partial charge in [-0.05, 0) is 50.2 Å². The minimum absolute atomic E-state index is 0.183. The summed E-state index contributed by atoms with van der Waals surface area (Å²) in [5, 5.41) is 0. The Labute approximate surface area is 141 Å². The summed E-state index contributed by atoms with van der Waals surface area (Å²) in [6, 6.07) is 9.53. The quantitative estimate of drug-likeness (QED) is 0.796. The van der Waals surface area contributed by atoms with Gasteiger partial charge in [-0.2, -0.15) is 4.31 Å². The van der Waals surface area contributed by atoms with Crippen LogP contribution < -0.4 is 0 Å². The number of aromatic nitrogens is 1. The molecule has 1 aliphatic heterocycles. The van der Waals surface area contributed by atoms with Crippen LogP contribution in [0.3, 0.4) is 0 Å². The fourth-order valence-corrected chi connectivity index (χ4v) is 4.60. The second-order valence-electron chi connectivity index (χ2n) is 5.66. The van der Waals surface area contributed by atoms with E-state index in [1.807, 2.05) is 25.3 Å². The van der Waals surface area contributed by atoms with Crippen LogP contribution in [0, 0.1) is 0 Å². The third-order valence-electron chi connectivity index (χ3n) is 4.26. The zero-order valence-corrected chi connectivity index (χ0v) is 14.5. The molecule has 0 fully saturated rings. The monoisotopic (exact) mass is 348 g/mol. The smallest absolute Gasteiger partial charge is 0.338 e. The van der Waals surface area contributed by atoms with E-state index in [-0.39, 0.29) is 17.5 Å². The molecule has 0 radical (unpaired) electrons. The van der Waals surface area contributed by atoms with Crippen LogP contribution in [0.2, 0.25) is 0 Å². The summed E-state index contributed by atoms with van der Waals surface area (Å²) >= 11 is 0. The van der Waals surface area contributed by atoms with Crippen LogP contribution in [-0.2, 0) is 21.3 Å². The number of hydrogen-bond acceptors (Lipinski definition) is 4. The van der Waals surface area contributed by atoms with E-state index in [1.165, 1.54) is 28.6 Å². The standard InChI is InChI=1S/C17H20N2O4S/c1-3-23-17(20)14-6-8-15(9-7-14)24(21,22)19-12-11-18-10-4-5-16(18)13(19)2/h4-10,13H,3,11-12H2,1-2H3/t13-/m0/s1. The van der Waals surface area contributed by atoms with Gasteiger partial charge in [-0.25, -0.2) is 13.2 Å². The maximum absolute atomic E-state index is 12.9. The van der Waals surface area contributed by atoms with Crippen molar-refractivity contribution in [3.8, 4) is 0 Å². The molecule has 0 bridgehead atoms. The van der Waals surface area contributed by atoms with Crippen molar-refractivity contribution in [2.45, 2.75) is 31.3 Å². The predicted molar refractivity (Wildman–Crippen MR) is 89.1 cm³/mol. The number of fused-ring (bicyclic) bond motifs is 1. The number of benzene rings is 1. The first-order valence-electron chi connectivity index (χ1n) is 7.89. The highest BCUT2D eigenvalue weighted by Gasteiger charge is 2.33. The lowest BCUT2D eigenvalue weighted by Gasteiger charge is -2.33. The molecule has 0 saturated heterocycles. The van der Waals surface area contributed by atoms with Crippen LogP contribution in [0.4, 0.5) is 0 Å². The van der Waals surface area contributed by atoms with Crippen molar-refractivity contribution < 1.29 is 17.9 Å². The van der Waals surface area contributed by atoms with Crippen LogP contribution in [0.1, 0.15) is 35.9 Å². The molecule has 3 rings (SSSR count). The molecule has 0 saturated carbocycles. The Hall–Kier alpha value is -2.12. The van der Waals surface area contributed by atoms with Crippen LogP contribution >= 0.6 is 0 Å². The van der Waals surface area contributed by atoms with Crippen molar-refractivity contribution in [3.63, 3.8) is 0 Å². The van der Waals surface area contributed by atoms with E-state index >= 15 is 0 Å². The first-order valence-corrected chi connectivity index (χ1v) is 9.33. The van der Waals surface area contributed by atoms with Crippen molar-refractivity contribution in [1.29, 1.82) is 0 Å². The molecule has 2 heterocycles. The number of rotatable bonds is 4. The Morgan fingerprint density at radius 1 is 1.21 bits per heavy atom. The van der Waals surface area contributed by atoms with Crippen LogP contribution in [0.15, 0.2) is 47.5 Å². The lowest BCUT2D eigenvalue weighted by molar-refractivity contribution is 0.0526. The third kappa shape index (κ3) is 2.85. The fraction of sp³-hybridized carbons (Fsp3) is 0.353. The molecule has 1 aliphatic rings. The maximum Gasteiger partial charge on any atom is 0.338 e. The van der Waals surface area contributed by atoms with Crippen LogP contribution in [-0.4, -0.2) is 36.4 Å². The van der Waals surface area contributed by atoms with E-state index in [4.69, 9.17) is 4.74 Å². The molecule has 0 N–H and O–H groups in total. The molecule has 7 heteroatoms. The van der Waals surface area contributed by atoms with Gasteiger partial charge in [0, 0.05) is 25.0 Å². The van der Waals surface area contributed by atoms with Gasteiger partial charge in [0.25, 0.3) is 0 Å². The highest BCUT2D eigenvalue weighted by atomic mass is 32.2. The fourth-order valence-electron chi connectivity index (χ4n) is 3.00. The van der Waals surface area contributed by atoms with E-state index in [9.17, 15) is 13.2 Å². The molecular formula is C17H20N2O4S. The summed E-state index contributed by atoms with van der Waals surface area (Å²) < 4.78 is 34.4. The molecule has 0 aliphatic carbocycles. The Bertz CT molecular complexity index is 840. The van der Waals surface area contributed by atoms with Crippen LogP contribution in [0.25, 0.3) is 0 Å². The summed E-state index contributed by atoms with van der Waals surface area (Å²) in [5.41, 5.74) is 1.32. The van der Waals surface area contributed by atoms with Gasteiger partial charge >= 0.3 is 5.97 Å². The summed E-state index contributed by atoms with van der Waals surface area (Å²) in [4.78, 5) is 11.9. The zero-order valence-electron chi connectivity index (χ0n) is 13.7. The van der Waals surface area contributed by atoms with Gasteiger partial charge in [-0.15, -0.1) is 0 Å². The largest absolute Gasteiger partial charge is 0.462 e. The first kappa shape index (κ1) is 16.7. The summed E-state index contributed by atoms with van der Waals surface area (Å²) in [6.45, 7) is 4.95. The number of esters is 1. The number of carbonyl (C=O) groups is 1. The minimum Gasteiger partial charge on any atom is -0.462 e. The first-order chi connectivity index (χ1) is 11.4. The molecule has 0 spiro atoms. The second-order valence-corrected chi connectivity index (χ2v) is 7.55. The van der Waals surface area contributed by atoms with E-state index in [0.29, 0.717) is 18.7 Å². The number of hydrogen-bond donors (Lipinski definition) is 0. The molecular weight excluding hydrogens is 328 g/mol. The molecule has 6 nitrogen and oxygen atoms in total.